The standard InChI is InChI=1S/2C5H10O2.C4H8O2/c1-5(6)3-4-7-2;1-4(6)5(2)7-3;1-4(5)3-6-2/h3-4H2,1-2H3;5H,1-3H3;3H2,1-2H3. The van der Waals surface area contributed by atoms with Crippen molar-refractivity contribution in [1.29, 1.82) is 0 Å². The second kappa shape index (κ2) is 17.9. The Labute approximate surface area is 121 Å². The molecule has 0 saturated carbocycles. The molecule has 6 nitrogen and oxygen atoms in total. The summed E-state index contributed by atoms with van der Waals surface area (Å²) in [7, 11) is 4.61. The highest BCUT2D eigenvalue weighted by molar-refractivity contribution is 5.79. The van der Waals surface area contributed by atoms with Gasteiger partial charge < -0.3 is 14.2 Å². The fraction of sp³-hybridized carbons (Fsp3) is 0.786. The Morgan fingerprint density at radius 2 is 1.40 bits per heavy atom. The van der Waals surface area contributed by atoms with Gasteiger partial charge in [-0.25, -0.2) is 0 Å². The highest BCUT2D eigenvalue weighted by Gasteiger charge is 2.01. The lowest BCUT2D eigenvalue weighted by Crippen LogP contribution is -2.14. The molecule has 120 valence electrons. The van der Waals surface area contributed by atoms with Crippen molar-refractivity contribution in [2.75, 3.05) is 34.5 Å². The Hall–Kier alpha value is -1.11. The molecule has 0 rings (SSSR count). The summed E-state index contributed by atoms with van der Waals surface area (Å²) in [6, 6.07) is 0. The number of ether oxygens (including phenoxy) is 3. The predicted octanol–water partition coefficient (Wildman–Crippen LogP) is 1.44. The molecule has 0 saturated heterocycles. The van der Waals surface area contributed by atoms with Crippen LogP contribution >= 0.6 is 0 Å². The van der Waals surface area contributed by atoms with Crippen LogP contribution in [0.2, 0.25) is 0 Å². The van der Waals surface area contributed by atoms with Gasteiger partial charge >= 0.3 is 0 Å². The van der Waals surface area contributed by atoms with E-state index in [4.69, 9.17) is 0 Å². The molecule has 0 amide bonds. The second-order valence-electron chi connectivity index (χ2n) is 4.07. The van der Waals surface area contributed by atoms with Gasteiger partial charge in [-0.2, -0.15) is 0 Å². The van der Waals surface area contributed by atoms with E-state index in [1.54, 1.807) is 21.0 Å². The maximum Gasteiger partial charge on any atom is 0.158 e. The molecule has 0 aliphatic rings. The molecular formula is C14H28O6. The van der Waals surface area contributed by atoms with Crippen molar-refractivity contribution in [2.45, 2.75) is 40.2 Å². The zero-order valence-corrected chi connectivity index (χ0v) is 13.6. The van der Waals surface area contributed by atoms with Gasteiger partial charge in [-0.15, -0.1) is 0 Å². The van der Waals surface area contributed by atoms with Crippen LogP contribution in [0.5, 0.6) is 0 Å². The third kappa shape index (κ3) is 30.2. The van der Waals surface area contributed by atoms with E-state index < -0.39 is 0 Å². The van der Waals surface area contributed by atoms with Crippen molar-refractivity contribution in [3.05, 3.63) is 0 Å². The average Bonchev–Trinajstić information content (AvgIpc) is 2.36. The lowest BCUT2D eigenvalue weighted by molar-refractivity contribution is -0.125. The molecule has 0 radical (unpaired) electrons. The van der Waals surface area contributed by atoms with E-state index in [9.17, 15) is 14.4 Å². The van der Waals surface area contributed by atoms with E-state index in [0.29, 0.717) is 13.0 Å². The summed E-state index contributed by atoms with van der Waals surface area (Å²) in [4.78, 5) is 30.3. The topological polar surface area (TPSA) is 78.9 Å². The minimum atomic E-state index is -0.236. The summed E-state index contributed by atoms with van der Waals surface area (Å²) in [5, 5.41) is 0. The summed E-state index contributed by atoms with van der Waals surface area (Å²) in [5.74, 6) is 0.321. The van der Waals surface area contributed by atoms with Gasteiger partial charge in [0.05, 0.1) is 6.61 Å². The van der Waals surface area contributed by atoms with Crippen LogP contribution in [0.25, 0.3) is 0 Å². The summed E-state index contributed by atoms with van der Waals surface area (Å²) in [5.41, 5.74) is 0. The van der Waals surface area contributed by atoms with Crippen molar-refractivity contribution in [3.63, 3.8) is 0 Å². The average molecular weight is 292 g/mol. The van der Waals surface area contributed by atoms with Crippen molar-refractivity contribution in [1.82, 2.24) is 0 Å². The number of carbonyl (C=O) groups excluding carboxylic acids is 3. The lowest BCUT2D eigenvalue weighted by atomic mass is 10.3. The highest BCUT2D eigenvalue weighted by Crippen LogP contribution is 1.85. The molecule has 1 unspecified atom stereocenters. The smallest absolute Gasteiger partial charge is 0.158 e. The van der Waals surface area contributed by atoms with E-state index in [1.165, 1.54) is 28.1 Å². The van der Waals surface area contributed by atoms with Gasteiger partial charge in [0.2, 0.25) is 0 Å². The molecule has 0 bridgehead atoms. The predicted molar refractivity (Wildman–Crippen MR) is 76.9 cm³/mol. The third-order valence-corrected chi connectivity index (χ3v) is 1.93. The first kappa shape index (κ1) is 23.9. The Bertz CT molecular complexity index is 262. The number of hydrogen-bond donors (Lipinski definition) is 0. The van der Waals surface area contributed by atoms with E-state index in [-0.39, 0.29) is 30.1 Å². The summed E-state index contributed by atoms with van der Waals surface area (Å²) >= 11 is 0. The maximum absolute atomic E-state index is 10.2. The van der Waals surface area contributed by atoms with Gasteiger partial charge in [-0.3, -0.25) is 14.4 Å². The van der Waals surface area contributed by atoms with Gasteiger partial charge in [0.25, 0.3) is 0 Å². The van der Waals surface area contributed by atoms with E-state index >= 15 is 0 Å². The van der Waals surface area contributed by atoms with E-state index in [0.717, 1.165) is 0 Å². The number of methoxy groups -OCH3 is 3. The van der Waals surface area contributed by atoms with Crippen molar-refractivity contribution in [2.24, 2.45) is 0 Å². The Morgan fingerprint density at radius 3 is 1.45 bits per heavy atom. The van der Waals surface area contributed by atoms with E-state index in [1.807, 2.05) is 0 Å². The SMILES string of the molecule is COC(C)C(C)=O.COCC(C)=O.COCCC(C)=O. The van der Waals surface area contributed by atoms with Gasteiger partial charge in [-0.05, 0) is 27.7 Å². The van der Waals surface area contributed by atoms with E-state index in [2.05, 4.69) is 14.2 Å². The molecular weight excluding hydrogens is 264 g/mol. The van der Waals surface area contributed by atoms with Crippen LogP contribution in [0.3, 0.4) is 0 Å². The number of Topliss-reactive ketones (excluding diaryl/α,β-unsaturated/α-hetero) is 3. The summed E-state index contributed by atoms with van der Waals surface area (Å²) in [6.07, 6.45) is 0.302. The molecule has 0 aromatic heterocycles. The molecule has 6 heteroatoms. The van der Waals surface area contributed by atoms with Gasteiger partial charge in [0, 0.05) is 27.8 Å². The second-order valence-corrected chi connectivity index (χ2v) is 4.07. The first-order chi connectivity index (χ1) is 9.22. The lowest BCUT2D eigenvalue weighted by Gasteiger charge is -2.00. The quantitative estimate of drug-likeness (QED) is 0.706. The fourth-order valence-electron chi connectivity index (χ4n) is 0.615. The fourth-order valence-corrected chi connectivity index (χ4v) is 0.615. The highest BCUT2D eigenvalue weighted by atomic mass is 16.5. The number of carbonyl (C=O) groups is 3. The Balaban J connectivity index is -0.000000218. The minimum Gasteiger partial charge on any atom is -0.384 e. The molecule has 0 aromatic rings. The maximum atomic E-state index is 10.2. The largest absolute Gasteiger partial charge is 0.384 e. The van der Waals surface area contributed by atoms with Crippen LogP contribution in [0.4, 0.5) is 0 Å². The molecule has 0 fully saturated rings. The van der Waals surface area contributed by atoms with Crippen molar-refractivity contribution >= 4 is 17.3 Å². The molecule has 0 aliphatic carbocycles. The number of ketones is 3. The molecule has 1 atom stereocenters. The zero-order chi connectivity index (χ0) is 16.6. The van der Waals surface area contributed by atoms with Crippen LogP contribution in [0.15, 0.2) is 0 Å². The first-order valence-corrected chi connectivity index (χ1v) is 6.22. The van der Waals surface area contributed by atoms with Gasteiger partial charge in [0.15, 0.2) is 11.6 Å². The zero-order valence-electron chi connectivity index (χ0n) is 13.6. The number of hydrogen-bond acceptors (Lipinski definition) is 6. The van der Waals surface area contributed by atoms with Gasteiger partial charge in [-0.1, -0.05) is 0 Å². The normalized spacial score (nSPS) is 10.3. The summed E-state index contributed by atoms with van der Waals surface area (Å²) < 4.78 is 13.7. The molecule has 0 spiro atoms. The Kier molecular flexibility index (Phi) is 21.4. The van der Waals surface area contributed by atoms with Crippen molar-refractivity contribution < 1.29 is 28.6 Å². The molecule has 0 heterocycles. The summed E-state index contributed by atoms with van der Waals surface area (Å²) in [6.45, 7) is 7.06. The van der Waals surface area contributed by atoms with Crippen LogP contribution in [0.1, 0.15) is 34.1 Å². The number of rotatable bonds is 7. The van der Waals surface area contributed by atoms with Crippen LogP contribution in [-0.4, -0.2) is 58.0 Å². The van der Waals surface area contributed by atoms with Crippen molar-refractivity contribution in [3.8, 4) is 0 Å². The van der Waals surface area contributed by atoms with Crippen LogP contribution in [-0.2, 0) is 28.6 Å². The van der Waals surface area contributed by atoms with Gasteiger partial charge in [0.1, 0.15) is 18.5 Å². The van der Waals surface area contributed by atoms with Crippen LogP contribution < -0.4 is 0 Å². The molecule has 0 N–H and O–H groups in total. The molecule has 20 heavy (non-hydrogen) atoms. The monoisotopic (exact) mass is 292 g/mol. The molecule has 0 aliphatic heterocycles. The first-order valence-electron chi connectivity index (χ1n) is 6.22. The van der Waals surface area contributed by atoms with Crippen LogP contribution in [0, 0.1) is 0 Å². The Morgan fingerprint density at radius 1 is 0.900 bits per heavy atom. The minimum absolute atomic E-state index is 0.0671. The molecule has 0 aromatic carbocycles. The third-order valence-electron chi connectivity index (χ3n) is 1.93.